The summed E-state index contributed by atoms with van der Waals surface area (Å²) in [4.78, 5) is 14.1. The van der Waals surface area contributed by atoms with Crippen molar-refractivity contribution in [1.29, 1.82) is 5.26 Å². The molecule has 0 aliphatic heterocycles. The van der Waals surface area contributed by atoms with Crippen molar-refractivity contribution < 1.29 is 9.53 Å². The maximum atomic E-state index is 12.8. The predicted molar refractivity (Wildman–Crippen MR) is 145 cm³/mol. The molecule has 4 rings (SSSR count). The van der Waals surface area contributed by atoms with Gasteiger partial charge in [-0.3, -0.25) is 4.79 Å². The molecule has 7 nitrogen and oxygen atoms in total. The molecule has 0 saturated heterocycles. The molecule has 2 heterocycles. The van der Waals surface area contributed by atoms with Crippen LogP contribution in [0.25, 0.3) is 0 Å². The second-order valence-corrected chi connectivity index (χ2v) is 11.3. The third kappa shape index (κ3) is 5.60. The molecule has 9 heteroatoms. The Morgan fingerprint density at radius 1 is 1.33 bits per heavy atom. The van der Waals surface area contributed by atoms with E-state index >= 15 is 0 Å². The molecule has 2 aromatic heterocycles. The van der Waals surface area contributed by atoms with E-state index in [4.69, 9.17) is 4.74 Å². The SMILES string of the molecule is CCC1CCc2c(sc(NC(=O)CSc3nnc(C(C)Oc4ccc(C)c(C)c4)n3CC)c2C#N)C1. The van der Waals surface area contributed by atoms with Gasteiger partial charge in [-0.25, -0.2) is 0 Å². The summed E-state index contributed by atoms with van der Waals surface area (Å²) in [6, 6.07) is 8.36. The first kappa shape index (κ1) is 26.2. The van der Waals surface area contributed by atoms with Crippen molar-refractivity contribution in [2.75, 3.05) is 11.1 Å². The number of thiophene rings is 1. The van der Waals surface area contributed by atoms with Gasteiger partial charge in [0.2, 0.25) is 5.91 Å². The van der Waals surface area contributed by atoms with Gasteiger partial charge in [0.15, 0.2) is 17.1 Å². The minimum Gasteiger partial charge on any atom is -0.483 e. The fraction of sp³-hybridized carbons (Fsp3) is 0.481. The molecule has 0 saturated carbocycles. The van der Waals surface area contributed by atoms with Crippen LogP contribution in [0.1, 0.15) is 72.7 Å². The number of hydrogen-bond acceptors (Lipinski definition) is 7. The van der Waals surface area contributed by atoms with E-state index in [2.05, 4.69) is 42.4 Å². The Kier molecular flexibility index (Phi) is 8.37. The Bertz CT molecular complexity index is 1290. The number of carbonyl (C=O) groups excluding carboxylic acids is 1. The molecular formula is C27H33N5O2S2. The highest BCUT2D eigenvalue weighted by Crippen LogP contribution is 2.40. The molecule has 36 heavy (non-hydrogen) atoms. The number of rotatable bonds is 9. The molecule has 2 unspecified atom stereocenters. The number of hydrogen-bond donors (Lipinski definition) is 1. The zero-order chi connectivity index (χ0) is 25.8. The predicted octanol–water partition coefficient (Wildman–Crippen LogP) is 6.23. The van der Waals surface area contributed by atoms with Gasteiger partial charge in [0.25, 0.3) is 0 Å². The van der Waals surface area contributed by atoms with Crippen molar-refractivity contribution in [3.8, 4) is 11.8 Å². The quantitative estimate of drug-likeness (QED) is 0.334. The number of aryl methyl sites for hydroxylation is 2. The van der Waals surface area contributed by atoms with E-state index in [1.165, 1.54) is 27.8 Å². The second-order valence-electron chi connectivity index (χ2n) is 9.26. The number of benzene rings is 1. The number of anilines is 1. The third-order valence-electron chi connectivity index (χ3n) is 6.86. The van der Waals surface area contributed by atoms with Gasteiger partial charge in [-0.2, -0.15) is 5.26 Å². The van der Waals surface area contributed by atoms with Gasteiger partial charge >= 0.3 is 0 Å². The maximum absolute atomic E-state index is 12.8. The summed E-state index contributed by atoms with van der Waals surface area (Å²) in [5.41, 5.74) is 4.16. The Labute approximate surface area is 221 Å². The van der Waals surface area contributed by atoms with Gasteiger partial charge in [0, 0.05) is 11.4 Å². The highest BCUT2D eigenvalue weighted by atomic mass is 32.2. The van der Waals surface area contributed by atoms with Crippen LogP contribution in [0.3, 0.4) is 0 Å². The van der Waals surface area contributed by atoms with Gasteiger partial charge in [-0.15, -0.1) is 21.5 Å². The molecule has 0 fully saturated rings. The van der Waals surface area contributed by atoms with Crippen molar-refractivity contribution >= 4 is 34.0 Å². The van der Waals surface area contributed by atoms with E-state index in [1.54, 1.807) is 11.3 Å². The lowest BCUT2D eigenvalue weighted by atomic mass is 9.86. The Morgan fingerprint density at radius 2 is 2.14 bits per heavy atom. The minimum absolute atomic E-state index is 0.145. The topological polar surface area (TPSA) is 92.8 Å². The highest BCUT2D eigenvalue weighted by molar-refractivity contribution is 7.99. The van der Waals surface area contributed by atoms with Crippen LogP contribution in [-0.2, 0) is 24.2 Å². The molecular weight excluding hydrogens is 490 g/mol. The van der Waals surface area contributed by atoms with E-state index in [0.717, 1.165) is 42.8 Å². The Hall–Kier alpha value is -2.83. The van der Waals surface area contributed by atoms with E-state index in [0.29, 0.717) is 28.2 Å². The maximum Gasteiger partial charge on any atom is 0.235 e. The molecule has 2 atom stereocenters. The van der Waals surface area contributed by atoms with Crippen LogP contribution < -0.4 is 10.1 Å². The lowest BCUT2D eigenvalue weighted by molar-refractivity contribution is -0.113. The Balaban J connectivity index is 1.40. The molecule has 1 aliphatic carbocycles. The van der Waals surface area contributed by atoms with E-state index in [1.807, 2.05) is 36.6 Å². The zero-order valence-electron chi connectivity index (χ0n) is 21.6. The van der Waals surface area contributed by atoms with Crippen molar-refractivity contribution in [3.05, 3.63) is 51.2 Å². The molecule has 1 amide bonds. The lowest BCUT2D eigenvalue weighted by Gasteiger charge is -2.20. The lowest BCUT2D eigenvalue weighted by Crippen LogP contribution is -2.15. The molecule has 0 bridgehead atoms. The van der Waals surface area contributed by atoms with E-state index < -0.39 is 0 Å². The average Bonchev–Trinajstić information content (AvgIpc) is 3.44. The molecule has 1 aromatic carbocycles. The number of nitrogens with one attached hydrogen (secondary N) is 1. The molecule has 190 valence electrons. The number of aromatic nitrogens is 3. The zero-order valence-corrected chi connectivity index (χ0v) is 23.2. The first-order valence-electron chi connectivity index (χ1n) is 12.5. The van der Waals surface area contributed by atoms with Gasteiger partial charge in [-0.05, 0) is 81.7 Å². The van der Waals surface area contributed by atoms with Gasteiger partial charge < -0.3 is 14.6 Å². The van der Waals surface area contributed by atoms with Crippen LogP contribution in [0.15, 0.2) is 23.4 Å². The number of nitriles is 1. The van der Waals surface area contributed by atoms with Crippen LogP contribution in [0.2, 0.25) is 0 Å². The van der Waals surface area contributed by atoms with E-state index in [-0.39, 0.29) is 17.8 Å². The third-order valence-corrected chi connectivity index (χ3v) is 8.99. The summed E-state index contributed by atoms with van der Waals surface area (Å²) in [5, 5.41) is 22.8. The minimum atomic E-state index is -0.287. The number of amides is 1. The first-order chi connectivity index (χ1) is 17.3. The molecule has 0 radical (unpaired) electrons. The van der Waals surface area contributed by atoms with Crippen LogP contribution in [0.4, 0.5) is 5.00 Å². The van der Waals surface area contributed by atoms with Crippen molar-refractivity contribution in [2.24, 2.45) is 5.92 Å². The molecule has 3 aromatic rings. The van der Waals surface area contributed by atoms with E-state index in [9.17, 15) is 10.1 Å². The van der Waals surface area contributed by atoms with Crippen LogP contribution in [0.5, 0.6) is 5.75 Å². The van der Waals surface area contributed by atoms with Gasteiger partial charge in [0.1, 0.15) is 16.8 Å². The summed E-state index contributed by atoms with van der Waals surface area (Å²) in [7, 11) is 0. The summed E-state index contributed by atoms with van der Waals surface area (Å²) in [5.74, 6) is 2.23. The average molecular weight is 524 g/mol. The smallest absolute Gasteiger partial charge is 0.235 e. The Morgan fingerprint density at radius 3 is 2.83 bits per heavy atom. The molecule has 1 N–H and O–H groups in total. The fourth-order valence-electron chi connectivity index (χ4n) is 4.55. The van der Waals surface area contributed by atoms with Crippen LogP contribution in [0, 0.1) is 31.1 Å². The van der Waals surface area contributed by atoms with Gasteiger partial charge in [0.05, 0.1) is 11.3 Å². The summed E-state index contributed by atoms with van der Waals surface area (Å²) >= 11 is 2.90. The van der Waals surface area contributed by atoms with Gasteiger partial charge in [-0.1, -0.05) is 31.2 Å². The summed E-state index contributed by atoms with van der Waals surface area (Å²) in [6.45, 7) is 11.0. The number of carbonyl (C=O) groups is 1. The molecule has 1 aliphatic rings. The van der Waals surface area contributed by atoms with Crippen LogP contribution in [-0.4, -0.2) is 26.4 Å². The number of fused-ring (bicyclic) bond motifs is 1. The second kappa shape index (κ2) is 11.5. The molecule has 0 spiro atoms. The van der Waals surface area contributed by atoms with Crippen molar-refractivity contribution in [1.82, 2.24) is 14.8 Å². The number of thioether (sulfide) groups is 1. The normalized spacial score (nSPS) is 15.7. The summed E-state index contributed by atoms with van der Waals surface area (Å²) in [6.07, 6.45) is 3.89. The van der Waals surface area contributed by atoms with Crippen molar-refractivity contribution in [3.63, 3.8) is 0 Å². The fourth-order valence-corrected chi connectivity index (χ4v) is 6.69. The highest BCUT2D eigenvalue weighted by Gasteiger charge is 2.26. The number of ether oxygens (including phenoxy) is 1. The summed E-state index contributed by atoms with van der Waals surface area (Å²) < 4.78 is 8.12. The number of nitrogens with zero attached hydrogens (tertiary/aromatic N) is 4. The monoisotopic (exact) mass is 523 g/mol. The van der Waals surface area contributed by atoms with Crippen LogP contribution >= 0.6 is 23.1 Å². The first-order valence-corrected chi connectivity index (χ1v) is 14.3. The standard InChI is InChI=1S/C27H33N5O2S2/c1-6-19-9-11-21-22(14-28)26(36-23(21)13-19)29-24(33)15-35-27-31-30-25(32(27)7-2)18(5)34-20-10-8-16(3)17(4)12-20/h8,10,12,18-19H,6-7,9,11,13,15H2,1-5H3,(H,29,33). The largest absolute Gasteiger partial charge is 0.483 e. The van der Waals surface area contributed by atoms with Crippen molar-refractivity contribution in [2.45, 2.75) is 78.1 Å².